The smallest absolute Gasteiger partial charge is 0.0541 e. The van der Waals surface area contributed by atoms with Gasteiger partial charge in [-0.15, -0.1) is 0 Å². The van der Waals surface area contributed by atoms with Gasteiger partial charge in [-0.3, -0.25) is 0 Å². The Morgan fingerprint density at radius 2 is 1.02 bits per heavy atom. The van der Waals surface area contributed by atoms with Crippen molar-refractivity contribution in [2.45, 2.75) is 0 Å². The maximum atomic E-state index is 3.69. The highest BCUT2D eigenvalue weighted by Gasteiger charge is 2.21. The van der Waals surface area contributed by atoms with Crippen molar-refractivity contribution in [2.24, 2.45) is 0 Å². The van der Waals surface area contributed by atoms with E-state index in [2.05, 4.69) is 162 Å². The number of anilines is 2. The minimum absolute atomic E-state index is 1.06. The predicted molar refractivity (Wildman–Crippen MR) is 178 cm³/mol. The van der Waals surface area contributed by atoms with Crippen LogP contribution in [-0.2, 0) is 0 Å². The van der Waals surface area contributed by atoms with E-state index in [4.69, 9.17) is 0 Å². The lowest BCUT2D eigenvalue weighted by atomic mass is 9.96. The zero-order chi connectivity index (χ0) is 27.6. The van der Waals surface area contributed by atoms with E-state index in [9.17, 15) is 0 Å². The summed E-state index contributed by atoms with van der Waals surface area (Å²) in [6.07, 6.45) is 0. The molecule has 2 heteroatoms. The second kappa shape index (κ2) is 8.95. The van der Waals surface area contributed by atoms with Crippen LogP contribution in [0, 0.1) is 0 Å². The number of nitrogens with zero attached hydrogens (tertiary/aromatic N) is 1. The number of benzene rings is 7. The molecule has 7 aromatic carbocycles. The summed E-state index contributed by atoms with van der Waals surface area (Å²) in [6, 6.07) is 54.8. The van der Waals surface area contributed by atoms with Crippen LogP contribution >= 0.6 is 0 Å². The molecule has 0 spiro atoms. The Hall–Kier alpha value is -5.60. The SMILES string of the molecule is c1cc(Nc2cccc(-n3c4ccccc4c4ccccc43)c2)cc(-c2cc3c4c(cccc4c2)-c2ccccc2-3)c1. The first-order valence-electron chi connectivity index (χ1n) is 14.4. The molecule has 42 heavy (non-hydrogen) atoms. The lowest BCUT2D eigenvalue weighted by Gasteiger charge is -2.13. The van der Waals surface area contributed by atoms with Gasteiger partial charge < -0.3 is 9.88 Å². The number of fused-ring (bicyclic) bond motifs is 6. The van der Waals surface area contributed by atoms with E-state index < -0.39 is 0 Å². The second-order valence-corrected chi connectivity index (χ2v) is 11.1. The summed E-state index contributed by atoms with van der Waals surface area (Å²) in [4.78, 5) is 0. The van der Waals surface area contributed by atoms with E-state index in [0.717, 1.165) is 17.1 Å². The van der Waals surface area contributed by atoms with Gasteiger partial charge in [0.05, 0.1) is 11.0 Å². The number of rotatable bonds is 4. The molecule has 0 fully saturated rings. The van der Waals surface area contributed by atoms with Crippen LogP contribution in [0.4, 0.5) is 11.4 Å². The van der Waals surface area contributed by atoms with Crippen LogP contribution in [0.5, 0.6) is 0 Å². The molecule has 196 valence electrons. The summed E-state index contributed by atoms with van der Waals surface area (Å²) >= 11 is 0. The van der Waals surface area contributed by atoms with Crippen LogP contribution in [0.1, 0.15) is 0 Å². The van der Waals surface area contributed by atoms with E-state index >= 15 is 0 Å². The molecule has 0 radical (unpaired) electrons. The maximum Gasteiger partial charge on any atom is 0.0541 e. The van der Waals surface area contributed by atoms with Crippen LogP contribution in [0.2, 0.25) is 0 Å². The van der Waals surface area contributed by atoms with Gasteiger partial charge in [-0.1, -0.05) is 97.1 Å². The highest BCUT2D eigenvalue weighted by atomic mass is 15.0. The van der Waals surface area contributed by atoms with Gasteiger partial charge >= 0.3 is 0 Å². The van der Waals surface area contributed by atoms with Crippen LogP contribution < -0.4 is 5.32 Å². The fourth-order valence-corrected chi connectivity index (χ4v) is 6.85. The normalized spacial score (nSPS) is 11.8. The molecule has 9 rings (SSSR count). The van der Waals surface area contributed by atoms with Gasteiger partial charge in [0, 0.05) is 27.8 Å². The molecule has 0 aliphatic heterocycles. The maximum absolute atomic E-state index is 3.69. The summed E-state index contributed by atoms with van der Waals surface area (Å²) in [5.74, 6) is 0. The third-order valence-corrected chi connectivity index (χ3v) is 8.65. The van der Waals surface area contributed by atoms with Crippen molar-refractivity contribution in [3.8, 4) is 39.1 Å². The van der Waals surface area contributed by atoms with Crippen molar-refractivity contribution in [3.05, 3.63) is 152 Å². The van der Waals surface area contributed by atoms with Crippen LogP contribution in [0.25, 0.3) is 71.6 Å². The number of aromatic nitrogens is 1. The average Bonchev–Trinajstić information content (AvgIpc) is 3.56. The Bertz CT molecular complexity index is 2290. The molecule has 0 atom stereocenters. The van der Waals surface area contributed by atoms with Crippen molar-refractivity contribution in [1.29, 1.82) is 0 Å². The monoisotopic (exact) mass is 534 g/mol. The number of hydrogen-bond donors (Lipinski definition) is 1. The lowest BCUT2D eigenvalue weighted by molar-refractivity contribution is 1.18. The molecule has 0 saturated carbocycles. The van der Waals surface area contributed by atoms with Gasteiger partial charge in [0.15, 0.2) is 0 Å². The summed E-state index contributed by atoms with van der Waals surface area (Å²) in [7, 11) is 0. The van der Waals surface area contributed by atoms with E-state index in [0.29, 0.717) is 0 Å². The van der Waals surface area contributed by atoms with Gasteiger partial charge in [0.25, 0.3) is 0 Å². The Labute approximate surface area is 244 Å². The third-order valence-electron chi connectivity index (χ3n) is 8.65. The van der Waals surface area contributed by atoms with E-state index in [-0.39, 0.29) is 0 Å². The highest BCUT2D eigenvalue weighted by molar-refractivity contribution is 6.16. The molecule has 1 heterocycles. The number of para-hydroxylation sites is 2. The van der Waals surface area contributed by atoms with Crippen LogP contribution in [0.3, 0.4) is 0 Å². The van der Waals surface area contributed by atoms with E-state index in [1.165, 1.54) is 66.0 Å². The average molecular weight is 535 g/mol. The van der Waals surface area contributed by atoms with Gasteiger partial charge in [0.2, 0.25) is 0 Å². The Morgan fingerprint density at radius 3 is 1.81 bits per heavy atom. The molecule has 1 aromatic heterocycles. The first-order valence-corrected chi connectivity index (χ1v) is 14.4. The molecule has 1 aliphatic carbocycles. The largest absolute Gasteiger partial charge is 0.355 e. The van der Waals surface area contributed by atoms with Crippen molar-refractivity contribution >= 4 is 44.0 Å². The third kappa shape index (κ3) is 3.45. The first-order chi connectivity index (χ1) is 20.8. The zero-order valence-electron chi connectivity index (χ0n) is 22.9. The molecule has 1 aliphatic rings. The molecule has 8 aromatic rings. The summed E-state index contributed by atoms with van der Waals surface area (Å²) in [5.41, 5.74) is 13.4. The number of nitrogens with one attached hydrogen (secondary N) is 1. The molecular formula is C40H26N2. The topological polar surface area (TPSA) is 17.0 Å². The standard InChI is InChI=1S/C40H26N2/c1-2-16-33-32(15-1)36-19-8-11-27-22-28(24-37(33)40(27)36)26-10-7-12-29(23-26)41-30-13-9-14-31(25-30)42-38-20-5-3-17-34(38)35-18-4-6-21-39(35)42/h1-25,41H. The fourth-order valence-electron chi connectivity index (χ4n) is 6.85. The van der Waals surface area contributed by atoms with Crippen molar-refractivity contribution in [2.75, 3.05) is 5.32 Å². The second-order valence-electron chi connectivity index (χ2n) is 11.1. The predicted octanol–water partition coefficient (Wildman–Crippen LogP) is 11.0. The zero-order valence-corrected chi connectivity index (χ0v) is 22.9. The lowest BCUT2D eigenvalue weighted by Crippen LogP contribution is -1.96. The van der Waals surface area contributed by atoms with Gasteiger partial charge in [-0.2, -0.15) is 0 Å². The Morgan fingerprint density at radius 1 is 0.405 bits per heavy atom. The molecule has 0 bridgehead atoms. The first kappa shape index (κ1) is 23.1. The molecule has 0 saturated heterocycles. The van der Waals surface area contributed by atoms with Gasteiger partial charge in [0.1, 0.15) is 0 Å². The summed E-state index contributed by atoms with van der Waals surface area (Å²) < 4.78 is 2.36. The van der Waals surface area contributed by atoms with Crippen molar-refractivity contribution in [3.63, 3.8) is 0 Å². The molecular weight excluding hydrogens is 508 g/mol. The number of hydrogen-bond acceptors (Lipinski definition) is 1. The summed E-state index contributed by atoms with van der Waals surface area (Å²) in [6.45, 7) is 0. The minimum Gasteiger partial charge on any atom is -0.355 e. The molecule has 2 nitrogen and oxygen atoms in total. The quantitative estimate of drug-likeness (QED) is 0.238. The van der Waals surface area contributed by atoms with Crippen molar-refractivity contribution in [1.82, 2.24) is 4.57 Å². The van der Waals surface area contributed by atoms with Crippen molar-refractivity contribution < 1.29 is 0 Å². The minimum atomic E-state index is 1.06. The highest BCUT2D eigenvalue weighted by Crippen LogP contribution is 2.48. The van der Waals surface area contributed by atoms with Crippen LogP contribution in [-0.4, -0.2) is 4.57 Å². The van der Waals surface area contributed by atoms with E-state index in [1.54, 1.807) is 0 Å². The van der Waals surface area contributed by atoms with Gasteiger partial charge in [-0.25, -0.2) is 0 Å². The molecule has 0 amide bonds. The Kier molecular flexibility index (Phi) is 4.93. The summed E-state index contributed by atoms with van der Waals surface area (Å²) in [5, 5.41) is 8.88. The fraction of sp³-hybridized carbons (Fsp3) is 0. The van der Waals surface area contributed by atoms with E-state index in [1.807, 2.05) is 0 Å². The molecule has 0 unspecified atom stereocenters. The van der Waals surface area contributed by atoms with Gasteiger partial charge in [-0.05, 0) is 98.8 Å². The molecule has 1 N–H and O–H groups in total. The van der Waals surface area contributed by atoms with Crippen LogP contribution in [0.15, 0.2) is 152 Å². The Balaban J connectivity index is 1.11.